The van der Waals surface area contributed by atoms with Crippen LogP contribution in [0.25, 0.3) is 0 Å². The van der Waals surface area contributed by atoms with Crippen LogP contribution < -0.4 is 5.32 Å². The Balaban J connectivity index is 1.60. The highest BCUT2D eigenvalue weighted by Crippen LogP contribution is 2.05. The van der Waals surface area contributed by atoms with Crippen LogP contribution in [-0.4, -0.2) is 74.8 Å². The Kier molecular flexibility index (Phi) is 8.11. The highest BCUT2D eigenvalue weighted by Gasteiger charge is 2.23. The number of hydrogen-bond acceptors (Lipinski definition) is 5. The molecule has 1 aliphatic heterocycles. The lowest BCUT2D eigenvalue weighted by Gasteiger charge is -2.35. The molecule has 8 heteroatoms. The second-order valence-electron chi connectivity index (χ2n) is 5.63. The maximum absolute atomic E-state index is 11.7. The molecular weight excluding hydrogens is 324 g/mol. The zero-order valence-corrected chi connectivity index (χ0v) is 15.1. The molecule has 1 amide bonds. The van der Waals surface area contributed by atoms with Gasteiger partial charge in [0.1, 0.15) is 12.4 Å². The molecule has 2 rings (SSSR count). The number of piperazine rings is 1. The largest absolute Gasteiger partial charge is 0.467 e. The third-order valence-corrected chi connectivity index (χ3v) is 3.89. The Morgan fingerprint density at radius 3 is 2.72 bits per heavy atom. The molecule has 1 N–H and O–H groups in total. The van der Waals surface area contributed by atoms with Crippen molar-refractivity contribution in [2.24, 2.45) is 4.99 Å². The second kappa shape index (κ2) is 10.6. The third-order valence-electron chi connectivity index (χ3n) is 3.89. The van der Waals surface area contributed by atoms with Crippen molar-refractivity contribution in [3.8, 4) is 0 Å². The minimum Gasteiger partial charge on any atom is -0.467 e. The van der Waals surface area contributed by atoms with E-state index in [1.54, 1.807) is 18.2 Å². The van der Waals surface area contributed by atoms with Crippen molar-refractivity contribution in [2.75, 3.05) is 53.0 Å². The molecule has 0 atom stereocenters. The van der Waals surface area contributed by atoms with Gasteiger partial charge in [-0.2, -0.15) is 0 Å². The minimum absolute atomic E-state index is 0.237. The Hall–Kier alpha value is -2.22. The Morgan fingerprint density at radius 1 is 1.32 bits per heavy atom. The quantitative estimate of drug-likeness (QED) is 0.455. The number of amides is 1. The molecule has 2 heterocycles. The molecule has 0 spiro atoms. The van der Waals surface area contributed by atoms with Crippen molar-refractivity contribution in [3.05, 3.63) is 24.2 Å². The van der Waals surface area contributed by atoms with Gasteiger partial charge in [0.15, 0.2) is 5.96 Å². The van der Waals surface area contributed by atoms with E-state index in [1.165, 1.54) is 0 Å². The van der Waals surface area contributed by atoms with Crippen LogP contribution in [0.3, 0.4) is 0 Å². The van der Waals surface area contributed by atoms with Gasteiger partial charge in [0.05, 0.1) is 12.9 Å². The summed E-state index contributed by atoms with van der Waals surface area (Å²) in [6, 6.07) is 3.75. The first kappa shape index (κ1) is 19.1. The lowest BCUT2D eigenvalue weighted by molar-refractivity contribution is 0.0911. The van der Waals surface area contributed by atoms with E-state index in [4.69, 9.17) is 13.9 Å². The number of nitrogens with zero attached hydrogens (tertiary/aromatic N) is 3. The monoisotopic (exact) mass is 352 g/mol. The molecule has 0 aliphatic carbocycles. The fraction of sp³-hybridized carbons (Fsp3) is 0.647. The van der Waals surface area contributed by atoms with E-state index in [0.29, 0.717) is 32.9 Å². The van der Waals surface area contributed by atoms with Crippen molar-refractivity contribution in [2.45, 2.75) is 20.0 Å². The van der Waals surface area contributed by atoms with Gasteiger partial charge in [-0.1, -0.05) is 0 Å². The molecule has 0 saturated carbocycles. The average molecular weight is 352 g/mol. The Bertz CT molecular complexity index is 525. The first-order valence-electron chi connectivity index (χ1n) is 8.72. The SMILES string of the molecule is CCOC(=O)N1CCN(C(=NC)NCCCOCc2ccco2)CC1. The van der Waals surface area contributed by atoms with Gasteiger partial charge in [0.25, 0.3) is 0 Å². The predicted octanol–water partition coefficient (Wildman–Crippen LogP) is 1.54. The van der Waals surface area contributed by atoms with Crippen molar-refractivity contribution in [3.63, 3.8) is 0 Å². The minimum atomic E-state index is -0.237. The lowest BCUT2D eigenvalue weighted by Crippen LogP contribution is -2.54. The van der Waals surface area contributed by atoms with Gasteiger partial charge in [0, 0.05) is 46.4 Å². The Morgan fingerprint density at radius 2 is 2.08 bits per heavy atom. The van der Waals surface area contributed by atoms with Crippen molar-refractivity contribution in [1.29, 1.82) is 0 Å². The molecule has 0 aromatic carbocycles. The summed E-state index contributed by atoms with van der Waals surface area (Å²) in [5.74, 6) is 1.69. The van der Waals surface area contributed by atoms with Crippen LogP contribution in [0.2, 0.25) is 0 Å². The highest BCUT2D eigenvalue weighted by atomic mass is 16.6. The lowest BCUT2D eigenvalue weighted by atomic mass is 10.3. The van der Waals surface area contributed by atoms with Crippen LogP contribution in [0.4, 0.5) is 4.79 Å². The Labute approximate surface area is 148 Å². The maximum Gasteiger partial charge on any atom is 0.409 e. The molecule has 1 aliphatic rings. The zero-order chi connectivity index (χ0) is 17.9. The van der Waals surface area contributed by atoms with Crippen LogP contribution in [0.5, 0.6) is 0 Å². The van der Waals surface area contributed by atoms with Crippen LogP contribution in [0, 0.1) is 0 Å². The maximum atomic E-state index is 11.7. The summed E-state index contributed by atoms with van der Waals surface area (Å²) in [5.41, 5.74) is 0. The van der Waals surface area contributed by atoms with E-state index in [-0.39, 0.29) is 6.09 Å². The second-order valence-corrected chi connectivity index (χ2v) is 5.63. The van der Waals surface area contributed by atoms with Crippen LogP contribution in [0.1, 0.15) is 19.1 Å². The van der Waals surface area contributed by atoms with E-state index in [9.17, 15) is 4.79 Å². The number of guanidine groups is 1. The zero-order valence-electron chi connectivity index (χ0n) is 15.1. The van der Waals surface area contributed by atoms with Gasteiger partial charge in [-0.05, 0) is 25.5 Å². The van der Waals surface area contributed by atoms with E-state index in [2.05, 4.69) is 15.2 Å². The summed E-state index contributed by atoms with van der Waals surface area (Å²) in [6.07, 6.45) is 2.29. The highest BCUT2D eigenvalue weighted by molar-refractivity contribution is 5.80. The molecule has 25 heavy (non-hydrogen) atoms. The summed E-state index contributed by atoms with van der Waals surface area (Å²) in [5, 5.41) is 3.34. The molecule has 0 unspecified atom stereocenters. The molecule has 0 radical (unpaired) electrons. The predicted molar refractivity (Wildman–Crippen MR) is 94.5 cm³/mol. The smallest absolute Gasteiger partial charge is 0.409 e. The first-order chi connectivity index (χ1) is 12.2. The molecule has 8 nitrogen and oxygen atoms in total. The van der Waals surface area contributed by atoms with Gasteiger partial charge in [0.2, 0.25) is 0 Å². The summed E-state index contributed by atoms with van der Waals surface area (Å²) in [4.78, 5) is 19.9. The van der Waals surface area contributed by atoms with Gasteiger partial charge in [-0.3, -0.25) is 4.99 Å². The van der Waals surface area contributed by atoms with E-state index < -0.39 is 0 Å². The van der Waals surface area contributed by atoms with Gasteiger partial charge < -0.3 is 29.0 Å². The van der Waals surface area contributed by atoms with Gasteiger partial charge in [-0.15, -0.1) is 0 Å². The number of ether oxygens (including phenoxy) is 2. The molecular formula is C17H28N4O4. The topological polar surface area (TPSA) is 79.5 Å². The number of furan rings is 1. The molecule has 1 aromatic heterocycles. The van der Waals surface area contributed by atoms with Gasteiger partial charge >= 0.3 is 6.09 Å². The summed E-state index contributed by atoms with van der Waals surface area (Å²) in [7, 11) is 1.77. The molecule has 140 valence electrons. The van der Waals surface area contributed by atoms with Crippen LogP contribution in [0.15, 0.2) is 27.8 Å². The van der Waals surface area contributed by atoms with E-state index in [0.717, 1.165) is 37.8 Å². The molecule has 0 bridgehead atoms. The molecule has 1 aromatic rings. The number of nitrogens with one attached hydrogen (secondary N) is 1. The van der Waals surface area contributed by atoms with E-state index in [1.807, 2.05) is 19.1 Å². The van der Waals surface area contributed by atoms with Crippen molar-refractivity contribution in [1.82, 2.24) is 15.1 Å². The number of hydrogen-bond donors (Lipinski definition) is 1. The summed E-state index contributed by atoms with van der Waals surface area (Å²) >= 11 is 0. The number of aliphatic imine (C=N–C) groups is 1. The molecule has 1 fully saturated rings. The normalized spacial score (nSPS) is 15.4. The number of rotatable bonds is 7. The summed E-state index contributed by atoms with van der Waals surface area (Å²) in [6.45, 7) is 6.93. The number of carbonyl (C=O) groups is 1. The third kappa shape index (κ3) is 6.30. The van der Waals surface area contributed by atoms with Crippen molar-refractivity contribution < 1.29 is 18.7 Å². The molecule has 1 saturated heterocycles. The number of carbonyl (C=O) groups excluding carboxylic acids is 1. The van der Waals surface area contributed by atoms with Crippen LogP contribution >= 0.6 is 0 Å². The first-order valence-corrected chi connectivity index (χ1v) is 8.72. The summed E-state index contributed by atoms with van der Waals surface area (Å²) < 4.78 is 15.8. The fourth-order valence-electron chi connectivity index (χ4n) is 2.59. The van der Waals surface area contributed by atoms with Crippen LogP contribution in [-0.2, 0) is 16.1 Å². The van der Waals surface area contributed by atoms with Gasteiger partial charge in [-0.25, -0.2) is 4.79 Å². The average Bonchev–Trinajstić information content (AvgIpc) is 3.15. The standard InChI is InChI=1S/C17H28N4O4/c1-3-24-17(22)21-10-8-20(9-11-21)16(18-2)19-7-5-12-23-14-15-6-4-13-25-15/h4,6,13H,3,5,7-12,14H2,1-2H3,(H,18,19). The van der Waals surface area contributed by atoms with E-state index >= 15 is 0 Å². The fourth-order valence-corrected chi connectivity index (χ4v) is 2.59. The van der Waals surface area contributed by atoms with Crippen molar-refractivity contribution >= 4 is 12.1 Å².